The Bertz CT molecular complexity index is 853. The second-order valence-electron chi connectivity index (χ2n) is 5.53. The van der Waals surface area contributed by atoms with Gasteiger partial charge < -0.3 is 0 Å². The lowest BCUT2D eigenvalue weighted by Gasteiger charge is -2.08. The van der Waals surface area contributed by atoms with Gasteiger partial charge in [0.1, 0.15) is 0 Å². The van der Waals surface area contributed by atoms with E-state index >= 15 is 0 Å². The van der Waals surface area contributed by atoms with Gasteiger partial charge in [-0.25, -0.2) is 17.8 Å². The van der Waals surface area contributed by atoms with E-state index in [1.807, 2.05) is 35.9 Å². The molecule has 1 aliphatic carbocycles. The molecule has 0 saturated heterocycles. The fraction of sp³-hybridized carbons (Fsp3) is 0.333. The summed E-state index contributed by atoms with van der Waals surface area (Å²) in [5.41, 5.74) is 4.02. The maximum Gasteiger partial charge on any atom is 0.285 e. The first-order chi connectivity index (χ1) is 10.4. The number of hydrogen-bond acceptors (Lipinski definition) is 4. The molecule has 7 heteroatoms. The summed E-state index contributed by atoms with van der Waals surface area (Å²) in [6, 6.07) is 7.79. The van der Waals surface area contributed by atoms with Crippen LogP contribution in [0, 0.1) is 6.92 Å². The van der Waals surface area contributed by atoms with Gasteiger partial charge in [-0.15, -0.1) is 0 Å². The molecule has 116 valence electrons. The Labute approximate surface area is 129 Å². The third-order valence-electron chi connectivity index (χ3n) is 3.77. The van der Waals surface area contributed by atoms with Crippen LogP contribution in [-0.4, -0.2) is 30.4 Å². The van der Waals surface area contributed by atoms with E-state index in [0.29, 0.717) is 0 Å². The molecule has 0 saturated carbocycles. The van der Waals surface area contributed by atoms with Crippen LogP contribution < -0.4 is 4.72 Å². The molecule has 3 rings (SSSR count). The van der Waals surface area contributed by atoms with E-state index in [1.54, 1.807) is 4.68 Å². The molecule has 0 spiro atoms. The molecule has 1 aromatic carbocycles. The number of carbonyl (C=O) groups is 1. The molecule has 0 radical (unpaired) electrons. The number of amides is 1. The van der Waals surface area contributed by atoms with Crippen molar-refractivity contribution in [1.82, 2.24) is 14.5 Å². The second kappa shape index (κ2) is 5.24. The quantitative estimate of drug-likeness (QED) is 0.926. The minimum atomic E-state index is -3.60. The Morgan fingerprint density at radius 2 is 2.00 bits per heavy atom. The molecule has 1 aromatic heterocycles. The molecule has 0 bridgehead atoms. The van der Waals surface area contributed by atoms with Crippen LogP contribution in [0.4, 0.5) is 0 Å². The Kier molecular flexibility index (Phi) is 3.52. The minimum Gasteiger partial charge on any atom is -0.266 e. The second-order valence-corrected chi connectivity index (χ2v) is 7.28. The molecular formula is C15H17N3O3S. The first kappa shape index (κ1) is 14.8. The molecule has 1 N–H and O–H groups in total. The predicted molar refractivity (Wildman–Crippen MR) is 82.6 cm³/mol. The number of carbonyl (C=O) groups excluding carboxylic acids is 1. The normalized spacial score (nSPS) is 13.9. The first-order valence-electron chi connectivity index (χ1n) is 7.06. The van der Waals surface area contributed by atoms with Gasteiger partial charge in [-0.1, -0.05) is 18.2 Å². The molecule has 0 atom stereocenters. The van der Waals surface area contributed by atoms with Crippen LogP contribution >= 0.6 is 0 Å². The van der Waals surface area contributed by atoms with Crippen molar-refractivity contribution in [3.63, 3.8) is 0 Å². The van der Waals surface area contributed by atoms with Crippen molar-refractivity contribution < 1.29 is 13.2 Å². The number of fused-ring (bicyclic) bond motifs is 1. The molecule has 0 unspecified atom stereocenters. The summed E-state index contributed by atoms with van der Waals surface area (Å²) in [5, 5.41) is 4.39. The monoisotopic (exact) mass is 319 g/mol. The fourth-order valence-corrected chi connectivity index (χ4v) is 3.27. The zero-order valence-corrected chi connectivity index (χ0v) is 13.3. The lowest BCUT2D eigenvalue weighted by atomic mass is 10.2. The maximum absolute atomic E-state index is 12.2. The maximum atomic E-state index is 12.2. The number of para-hydroxylation sites is 1. The Balaban J connectivity index is 2.10. The minimum absolute atomic E-state index is 0.209. The Hall–Kier alpha value is -2.15. The van der Waals surface area contributed by atoms with Crippen LogP contribution in [0.1, 0.15) is 33.7 Å². The SMILES string of the molecule is Cc1ccccc1-n1nc(C(=O)NS(C)(=O)=O)c2c1CCC2. The van der Waals surface area contributed by atoms with Gasteiger partial charge in [-0.2, -0.15) is 5.10 Å². The molecule has 2 aromatic rings. The number of benzene rings is 1. The van der Waals surface area contributed by atoms with Crippen molar-refractivity contribution in [2.75, 3.05) is 6.26 Å². The van der Waals surface area contributed by atoms with Gasteiger partial charge in [0.05, 0.1) is 11.9 Å². The highest BCUT2D eigenvalue weighted by atomic mass is 32.2. The fourth-order valence-electron chi connectivity index (χ4n) is 2.84. The summed E-state index contributed by atoms with van der Waals surface area (Å²) in [4.78, 5) is 12.2. The summed E-state index contributed by atoms with van der Waals surface area (Å²) in [6.45, 7) is 1.98. The highest BCUT2D eigenvalue weighted by molar-refractivity contribution is 7.89. The van der Waals surface area contributed by atoms with E-state index in [4.69, 9.17) is 0 Å². The Morgan fingerprint density at radius 1 is 1.27 bits per heavy atom. The topological polar surface area (TPSA) is 81.1 Å². The van der Waals surface area contributed by atoms with Crippen LogP contribution in [0.15, 0.2) is 24.3 Å². The summed E-state index contributed by atoms with van der Waals surface area (Å²) in [6.07, 6.45) is 3.48. The van der Waals surface area contributed by atoms with Gasteiger partial charge >= 0.3 is 0 Å². The van der Waals surface area contributed by atoms with E-state index in [1.165, 1.54) is 0 Å². The molecule has 1 amide bonds. The van der Waals surface area contributed by atoms with Crippen molar-refractivity contribution >= 4 is 15.9 Å². The number of nitrogens with one attached hydrogen (secondary N) is 1. The van der Waals surface area contributed by atoms with E-state index < -0.39 is 15.9 Å². The molecule has 22 heavy (non-hydrogen) atoms. The third kappa shape index (κ3) is 2.64. The van der Waals surface area contributed by atoms with Crippen molar-refractivity contribution in [3.8, 4) is 5.69 Å². The highest BCUT2D eigenvalue weighted by Gasteiger charge is 2.28. The van der Waals surface area contributed by atoms with Crippen LogP contribution in [0.3, 0.4) is 0 Å². The van der Waals surface area contributed by atoms with Gasteiger partial charge in [0, 0.05) is 11.3 Å². The summed E-state index contributed by atoms with van der Waals surface area (Å²) >= 11 is 0. The molecule has 1 heterocycles. The number of sulfonamides is 1. The van der Waals surface area contributed by atoms with Crippen molar-refractivity contribution in [3.05, 3.63) is 46.8 Å². The Morgan fingerprint density at radius 3 is 2.68 bits per heavy atom. The summed E-state index contributed by atoms with van der Waals surface area (Å²) in [7, 11) is -3.60. The molecular weight excluding hydrogens is 302 g/mol. The van der Waals surface area contributed by atoms with Crippen LogP contribution in [0.2, 0.25) is 0 Å². The average molecular weight is 319 g/mol. The van der Waals surface area contributed by atoms with Crippen LogP contribution in [0.5, 0.6) is 0 Å². The van der Waals surface area contributed by atoms with Crippen LogP contribution in [0.25, 0.3) is 5.69 Å². The highest BCUT2D eigenvalue weighted by Crippen LogP contribution is 2.28. The first-order valence-corrected chi connectivity index (χ1v) is 8.95. The molecule has 1 aliphatic rings. The zero-order chi connectivity index (χ0) is 15.9. The standard InChI is InChI=1S/C15H17N3O3S/c1-10-6-3-4-8-12(10)18-13-9-5-7-11(13)14(16-18)15(19)17-22(2,20)21/h3-4,6,8H,5,7,9H2,1-2H3,(H,17,19). The van der Waals surface area contributed by atoms with Crippen molar-refractivity contribution in [2.24, 2.45) is 0 Å². The number of aryl methyl sites for hydroxylation is 1. The van der Waals surface area contributed by atoms with Crippen molar-refractivity contribution in [1.29, 1.82) is 0 Å². The van der Waals surface area contributed by atoms with Crippen molar-refractivity contribution in [2.45, 2.75) is 26.2 Å². The lowest BCUT2D eigenvalue weighted by molar-refractivity contribution is 0.0975. The molecule has 0 fully saturated rings. The van der Waals surface area contributed by atoms with E-state index in [2.05, 4.69) is 5.10 Å². The van der Waals surface area contributed by atoms with Gasteiger partial charge in [0.15, 0.2) is 5.69 Å². The summed E-state index contributed by atoms with van der Waals surface area (Å²) < 4.78 is 26.3. The number of nitrogens with zero attached hydrogens (tertiary/aromatic N) is 2. The van der Waals surface area contributed by atoms with Crippen LogP contribution in [-0.2, 0) is 22.9 Å². The smallest absolute Gasteiger partial charge is 0.266 e. The predicted octanol–water partition coefficient (Wildman–Crippen LogP) is 1.36. The molecule has 6 nitrogen and oxygen atoms in total. The van der Waals surface area contributed by atoms with E-state index in [-0.39, 0.29) is 5.69 Å². The number of aromatic nitrogens is 2. The summed E-state index contributed by atoms with van der Waals surface area (Å²) in [5.74, 6) is -0.659. The van der Waals surface area contributed by atoms with E-state index in [0.717, 1.165) is 48.0 Å². The zero-order valence-electron chi connectivity index (χ0n) is 12.5. The third-order valence-corrected chi connectivity index (χ3v) is 4.32. The molecule has 0 aliphatic heterocycles. The largest absolute Gasteiger partial charge is 0.285 e. The lowest BCUT2D eigenvalue weighted by Crippen LogP contribution is -2.30. The van der Waals surface area contributed by atoms with E-state index in [9.17, 15) is 13.2 Å². The van der Waals surface area contributed by atoms with Gasteiger partial charge in [-0.3, -0.25) is 4.79 Å². The van der Waals surface area contributed by atoms with Gasteiger partial charge in [0.2, 0.25) is 10.0 Å². The number of hydrogen-bond donors (Lipinski definition) is 1. The van der Waals surface area contributed by atoms with Gasteiger partial charge in [0.25, 0.3) is 5.91 Å². The van der Waals surface area contributed by atoms with Gasteiger partial charge in [-0.05, 0) is 37.8 Å². The number of rotatable bonds is 3. The average Bonchev–Trinajstić information content (AvgIpc) is 2.99.